The SMILES string of the molecule is CCC[N+]1(C)N=C(CC)C(C(=O)OC)=C1c1ccc(-c2ccccc2-c2nnn[nH]2)cc1. The van der Waals surface area contributed by atoms with Crippen LogP contribution in [0.25, 0.3) is 28.2 Å². The van der Waals surface area contributed by atoms with Gasteiger partial charge in [0.25, 0.3) is 0 Å². The van der Waals surface area contributed by atoms with Crippen LogP contribution in [0.4, 0.5) is 0 Å². The summed E-state index contributed by atoms with van der Waals surface area (Å²) in [5, 5.41) is 19.2. The molecule has 1 aliphatic heterocycles. The molecule has 0 spiro atoms. The van der Waals surface area contributed by atoms with Crippen LogP contribution in [-0.4, -0.2) is 57.6 Å². The van der Waals surface area contributed by atoms with E-state index in [2.05, 4.69) is 39.7 Å². The molecule has 0 fully saturated rings. The Morgan fingerprint density at radius 1 is 1.03 bits per heavy atom. The van der Waals surface area contributed by atoms with E-state index in [9.17, 15) is 4.79 Å². The fourth-order valence-corrected chi connectivity index (χ4v) is 4.35. The highest BCUT2D eigenvalue weighted by atomic mass is 16.5. The zero-order chi connectivity index (χ0) is 22.7. The van der Waals surface area contributed by atoms with Gasteiger partial charge in [-0.3, -0.25) is 0 Å². The standard InChI is InChI=1S/C24H26N6O2/c1-5-15-30(3)22(21(24(31)32-4)20(6-2)27-30)17-13-11-16(12-14-17)18-9-7-8-10-19(18)23-25-28-29-26-23/h7-14H,5-6,15H2,1-4H3/p+1. The lowest BCUT2D eigenvalue weighted by Crippen LogP contribution is -2.35. The van der Waals surface area contributed by atoms with Crippen LogP contribution in [-0.2, 0) is 9.53 Å². The molecule has 0 amide bonds. The number of aromatic nitrogens is 4. The maximum absolute atomic E-state index is 12.7. The molecule has 32 heavy (non-hydrogen) atoms. The average Bonchev–Trinajstić information content (AvgIpc) is 3.45. The van der Waals surface area contributed by atoms with Gasteiger partial charge < -0.3 is 4.74 Å². The van der Waals surface area contributed by atoms with Gasteiger partial charge in [0.1, 0.15) is 12.3 Å². The van der Waals surface area contributed by atoms with Crippen molar-refractivity contribution in [3.63, 3.8) is 0 Å². The first-order valence-electron chi connectivity index (χ1n) is 10.7. The summed E-state index contributed by atoms with van der Waals surface area (Å²) in [6.07, 6.45) is 1.60. The highest BCUT2D eigenvalue weighted by Gasteiger charge is 2.43. The first-order chi connectivity index (χ1) is 15.5. The van der Waals surface area contributed by atoms with E-state index in [-0.39, 0.29) is 5.97 Å². The third kappa shape index (κ3) is 3.73. The third-order valence-electron chi connectivity index (χ3n) is 5.73. The predicted octanol–water partition coefficient (Wildman–Crippen LogP) is 4.05. The van der Waals surface area contributed by atoms with Crippen LogP contribution >= 0.6 is 0 Å². The molecule has 2 heterocycles. The first kappa shape index (κ1) is 21.6. The number of quaternary nitrogens is 1. The van der Waals surface area contributed by atoms with Gasteiger partial charge in [-0.1, -0.05) is 55.3 Å². The van der Waals surface area contributed by atoms with E-state index < -0.39 is 0 Å². The first-order valence-corrected chi connectivity index (χ1v) is 10.7. The summed E-state index contributed by atoms with van der Waals surface area (Å²) in [6, 6.07) is 16.2. The van der Waals surface area contributed by atoms with Crippen molar-refractivity contribution < 1.29 is 14.1 Å². The van der Waals surface area contributed by atoms with Gasteiger partial charge in [0.2, 0.25) is 0 Å². The maximum atomic E-state index is 12.7. The summed E-state index contributed by atoms with van der Waals surface area (Å²) in [5.41, 5.74) is 6.17. The van der Waals surface area contributed by atoms with Gasteiger partial charge in [0, 0.05) is 11.1 Å². The average molecular weight is 432 g/mol. The molecule has 0 saturated heterocycles. The largest absolute Gasteiger partial charge is 0.465 e. The van der Waals surface area contributed by atoms with E-state index in [0.29, 0.717) is 22.4 Å². The highest BCUT2D eigenvalue weighted by Crippen LogP contribution is 2.38. The van der Waals surface area contributed by atoms with Gasteiger partial charge >= 0.3 is 5.97 Å². The number of nitrogens with zero attached hydrogens (tertiary/aromatic N) is 5. The number of carbonyl (C=O) groups excluding carboxylic acids is 1. The van der Waals surface area contributed by atoms with Gasteiger partial charge in [-0.15, -0.1) is 5.10 Å². The zero-order valence-electron chi connectivity index (χ0n) is 18.8. The second-order valence-corrected chi connectivity index (χ2v) is 7.85. The van der Waals surface area contributed by atoms with Crippen LogP contribution in [0.2, 0.25) is 0 Å². The van der Waals surface area contributed by atoms with E-state index in [4.69, 9.17) is 9.84 Å². The molecule has 1 aromatic heterocycles. The number of rotatable bonds is 7. The Balaban J connectivity index is 1.81. The summed E-state index contributed by atoms with van der Waals surface area (Å²) in [5.74, 6) is 0.273. The number of methoxy groups -OCH3 is 1. The minimum atomic E-state index is -0.342. The molecule has 0 aliphatic carbocycles. The number of ether oxygens (including phenoxy) is 1. The Labute approximate surface area is 187 Å². The van der Waals surface area contributed by atoms with E-state index in [0.717, 1.165) is 46.6 Å². The van der Waals surface area contributed by atoms with Gasteiger partial charge in [0.15, 0.2) is 17.1 Å². The Kier molecular flexibility index (Phi) is 5.96. The normalized spacial score (nSPS) is 18.1. The van der Waals surface area contributed by atoms with Crippen molar-refractivity contribution in [2.24, 2.45) is 5.10 Å². The van der Waals surface area contributed by atoms with E-state index in [1.54, 1.807) is 0 Å². The van der Waals surface area contributed by atoms with E-state index >= 15 is 0 Å². The zero-order valence-corrected chi connectivity index (χ0v) is 18.8. The van der Waals surface area contributed by atoms with Crippen molar-refractivity contribution in [2.75, 3.05) is 20.7 Å². The van der Waals surface area contributed by atoms with Crippen LogP contribution in [0.15, 0.2) is 59.2 Å². The molecule has 0 bridgehead atoms. The molecule has 1 atom stereocenters. The van der Waals surface area contributed by atoms with Gasteiger partial charge in [0.05, 0.1) is 14.2 Å². The van der Waals surface area contributed by atoms with Gasteiger partial charge in [-0.2, -0.15) is 4.59 Å². The molecule has 8 heteroatoms. The number of benzene rings is 2. The van der Waals surface area contributed by atoms with Crippen molar-refractivity contribution >= 4 is 17.4 Å². The van der Waals surface area contributed by atoms with Crippen molar-refractivity contribution in [3.8, 4) is 22.5 Å². The predicted molar refractivity (Wildman–Crippen MR) is 123 cm³/mol. The minimum Gasteiger partial charge on any atom is -0.465 e. The third-order valence-corrected chi connectivity index (χ3v) is 5.73. The Morgan fingerprint density at radius 2 is 1.72 bits per heavy atom. The van der Waals surface area contributed by atoms with E-state index in [1.165, 1.54) is 7.11 Å². The van der Waals surface area contributed by atoms with Crippen molar-refractivity contribution in [1.82, 2.24) is 20.6 Å². The van der Waals surface area contributed by atoms with Crippen LogP contribution < -0.4 is 0 Å². The number of H-pyrrole nitrogens is 1. The Morgan fingerprint density at radius 3 is 2.31 bits per heavy atom. The second-order valence-electron chi connectivity index (χ2n) is 7.85. The maximum Gasteiger partial charge on any atom is 0.346 e. The molecule has 8 nitrogen and oxygen atoms in total. The summed E-state index contributed by atoms with van der Waals surface area (Å²) in [4.78, 5) is 12.7. The number of hydrogen-bond donors (Lipinski definition) is 1. The molecular formula is C24H27N6O2+. The van der Waals surface area contributed by atoms with E-state index in [1.807, 2.05) is 50.4 Å². The lowest BCUT2D eigenvalue weighted by Gasteiger charge is -2.26. The highest BCUT2D eigenvalue weighted by molar-refractivity contribution is 6.25. The monoisotopic (exact) mass is 431 g/mol. The molecule has 0 radical (unpaired) electrons. The smallest absolute Gasteiger partial charge is 0.346 e. The molecule has 3 aromatic rings. The van der Waals surface area contributed by atoms with Crippen LogP contribution in [0.5, 0.6) is 0 Å². The molecule has 1 N–H and O–H groups in total. The molecular weight excluding hydrogens is 404 g/mol. The van der Waals surface area contributed by atoms with Gasteiger partial charge in [-0.05, 0) is 46.5 Å². The van der Waals surface area contributed by atoms with Crippen LogP contribution in [0.1, 0.15) is 32.3 Å². The molecule has 2 aromatic carbocycles. The van der Waals surface area contributed by atoms with Crippen LogP contribution in [0.3, 0.4) is 0 Å². The number of hydrogen-bond acceptors (Lipinski definition) is 6. The number of tetrazole rings is 1. The molecule has 1 unspecified atom stereocenters. The molecule has 4 rings (SSSR count). The lowest BCUT2D eigenvalue weighted by atomic mass is 9.96. The number of esters is 1. The molecule has 1 aliphatic rings. The van der Waals surface area contributed by atoms with Crippen molar-refractivity contribution in [1.29, 1.82) is 0 Å². The van der Waals surface area contributed by atoms with Crippen molar-refractivity contribution in [2.45, 2.75) is 26.7 Å². The Bertz CT molecular complexity index is 1180. The van der Waals surface area contributed by atoms with Crippen LogP contribution in [0, 0.1) is 0 Å². The fourth-order valence-electron chi connectivity index (χ4n) is 4.35. The van der Waals surface area contributed by atoms with Gasteiger partial charge in [-0.25, -0.2) is 9.89 Å². The Hall–Kier alpha value is -3.65. The number of carbonyl (C=O) groups is 1. The lowest BCUT2D eigenvalue weighted by molar-refractivity contribution is -0.844. The molecule has 164 valence electrons. The quantitative estimate of drug-likeness (QED) is 0.450. The van der Waals surface area contributed by atoms with Crippen molar-refractivity contribution in [3.05, 3.63) is 59.7 Å². The summed E-state index contributed by atoms with van der Waals surface area (Å²) in [6.45, 7) is 4.93. The number of aromatic amines is 1. The summed E-state index contributed by atoms with van der Waals surface area (Å²) >= 11 is 0. The minimum absolute atomic E-state index is 0.337. The second kappa shape index (κ2) is 8.84. The summed E-state index contributed by atoms with van der Waals surface area (Å²) in [7, 11) is 3.46. The molecule has 0 saturated carbocycles. The fraction of sp³-hybridized carbons (Fsp3) is 0.292. The number of nitrogens with one attached hydrogen (secondary N) is 1. The topological polar surface area (TPSA) is 93.1 Å². The summed E-state index contributed by atoms with van der Waals surface area (Å²) < 4.78 is 5.47.